The van der Waals surface area contributed by atoms with E-state index >= 15 is 0 Å². The molecular weight excluding hydrogens is 540 g/mol. The molecular formula is C31H42N4O7. The van der Waals surface area contributed by atoms with Gasteiger partial charge in [0, 0.05) is 44.4 Å². The van der Waals surface area contributed by atoms with Crippen LogP contribution in [0.15, 0.2) is 23.0 Å². The van der Waals surface area contributed by atoms with Gasteiger partial charge in [0.05, 0.1) is 11.6 Å². The van der Waals surface area contributed by atoms with Crippen LogP contribution >= 0.6 is 0 Å². The Labute approximate surface area is 245 Å². The number of likely N-dealkylation sites (N-methyl/N-ethyl adjacent to an activating group) is 1. The fraction of sp³-hybridized carbons (Fsp3) is 0.581. The van der Waals surface area contributed by atoms with Crippen LogP contribution in [0.4, 0.5) is 5.69 Å². The Bertz CT molecular complexity index is 1410. The SMILES string of the molecule is CN(Cc1cc(O)c2c(c1N(C)C)C[C@H]1C[C@H]3[C@H](N(C)C)C(=O)C(C(N)=O)=C(O)[C@@]3(O)C(=O)C1=C2O)CC1CCCC1. The Morgan fingerprint density at radius 1 is 1.07 bits per heavy atom. The number of amides is 1. The maximum absolute atomic E-state index is 14.1. The number of nitrogens with zero attached hydrogens (tertiary/aromatic N) is 3. The Morgan fingerprint density at radius 3 is 2.29 bits per heavy atom. The molecule has 6 N–H and O–H groups in total. The van der Waals surface area contributed by atoms with Crippen LogP contribution < -0.4 is 10.6 Å². The topological polar surface area (TPSA) is 168 Å². The van der Waals surface area contributed by atoms with Gasteiger partial charge in [0.15, 0.2) is 11.4 Å². The summed E-state index contributed by atoms with van der Waals surface area (Å²) in [4.78, 5) is 45.2. The molecule has 4 aliphatic rings. The molecule has 1 aromatic rings. The predicted octanol–water partition coefficient (Wildman–Crippen LogP) is 1.65. The molecule has 0 heterocycles. The predicted molar refractivity (Wildman–Crippen MR) is 157 cm³/mol. The zero-order chi connectivity index (χ0) is 30.8. The number of primary amides is 1. The van der Waals surface area contributed by atoms with Crippen LogP contribution in [0.5, 0.6) is 5.75 Å². The highest BCUT2D eigenvalue weighted by molar-refractivity contribution is 6.24. The molecule has 0 aromatic heterocycles. The van der Waals surface area contributed by atoms with Crippen LogP contribution in [0, 0.1) is 17.8 Å². The first-order chi connectivity index (χ1) is 19.7. The van der Waals surface area contributed by atoms with E-state index in [1.165, 1.54) is 30.6 Å². The third kappa shape index (κ3) is 4.49. The smallest absolute Gasteiger partial charge is 0.255 e. The average molecular weight is 583 g/mol. The number of phenolic OH excluding ortho intramolecular Hbond substituents is 1. The van der Waals surface area contributed by atoms with E-state index in [4.69, 9.17) is 5.73 Å². The van der Waals surface area contributed by atoms with Gasteiger partial charge in [-0.2, -0.15) is 0 Å². The van der Waals surface area contributed by atoms with E-state index in [1.807, 2.05) is 19.0 Å². The third-order valence-electron chi connectivity index (χ3n) is 9.70. The molecule has 228 valence electrons. The van der Waals surface area contributed by atoms with Crippen LogP contribution in [0.1, 0.15) is 48.8 Å². The van der Waals surface area contributed by atoms with Crippen molar-refractivity contribution in [1.82, 2.24) is 9.80 Å². The second kappa shape index (κ2) is 10.7. The van der Waals surface area contributed by atoms with Gasteiger partial charge in [-0.3, -0.25) is 19.3 Å². The van der Waals surface area contributed by atoms with Crippen molar-refractivity contribution in [2.75, 3.05) is 46.7 Å². The highest BCUT2D eigenvalue weighted by Gasteiger charge is 2.64. The van der Waals surface area contributed by atoms with Gasteiger partial charge in [-0.1, -0.05) is 12.8 Å². The molecule has 42 heavy (non-hydrogen) atoms. The first-order valence-electron chi connectivity index (χ1n) is 14.6. The first kappa shape index (κ1) is 30.1. The molecule has 1 amide bonds. The van der Waals surface area contributed by atoms with E-state index in [-0.39, 0.29) is 29.7 Å². The standard InChI is InChI=1S/C31H42N4O7/c1-33(2)24-17(14-35(5)13-15-8-6-7-9-15)12-20(36)22-18(24)10-16-11-19-25(34(3)4)27(38)23(30(32)41)29(40)31(19,42)28(39)21(16)26(22)37/h12,15-16,19,25,36-37,40,42H,6-11,13-14H2,1-5H3,(H2,32,41)/t16-,19-,25-,31-/m0/s1. The van der Waals surface area contributed by atoms with Crippen molar-refractivity contribution >= 4 is 28.9 Å². The van der Waals surface area contributed by atoms with Crippen LogP contribution in [0.2, 0.25) is 0 Å². The molecule has 0 aliphatic heterocycles. The number of benzene rings is 1. The number of carbonyl (C=O) groups excluding carboxylic acids is 3. The molecule has 2 fully saturated rings. The molecule has 11 heteroatoms. The van der Waals surface area contributed by atoms with Gasteiger partial charge in [0.2, 0.25) is 5.78 Å². The van der Waals surface area contributed by atoms with Crippen LogP contribution in [0.25, 0.3) is 5.76 Å². The number of hydrogen-bond acceptors (Lipinski definition) is 10. The number of Topliss-reactive ketones (excluding diaryl/α,β-unsaturated/α-hetero) is 2. The zero-order valence-electron chi connectivity index (χ0n) is 25.0. The summed E-state index contributed by atoms with van der Waals surface area (Å²) in [6.07, 6.45) is 5.26. The van der Waals surface area contributed by atoms with Crippen LogP contribution in [0.3, 0.4) is 0 Å². The first-order valence-corrected chi connectivity index (χ1v) is 14.6. The molecule has 4 aliphatic carbocycles. The van der Waals surface area contributed by atoms with Crippen LogP contribution in [-0.2, 0) is 27.3 Å². The highest BCUT2D eigenvalue weighted by atomic mass is 16.3. The number of fused-ring (bicyclic) bond motifs is 3. The summed E-state index contributed by atoms with van der Waals surface area (Å²) in [5.74, 6) is -5.84. The Hall–Kier alpha value is -3.41. The Balaban J connectivity index is 1.63. The van der Waals surface area contributed by atoms with Gasteiger partial charge in [-0.15, -0.1) is 0 Å². The van der Waals surface area contributed by atoms with Crippen molar-refractivity contribution in [2.24, 2.45) is 23.5 Å². The van der Waals surface area contributed by atoms with Gasteiger partial charge in [0.1, 0.15) is 22.8 Å². The van der Waals surface area contributed by atoms with Crippen molar-refractivity contribution in [2.45, 2.75) is 56.7 Å². The molecule has 0 spiro atoms. The summed E-state index contributed by atoms with van der Waals surface area (Å²) < 4.78 is 0. The van der Waals surface area contributed by atoms with Gasteiger partial charge in [-0.05, 0) is 75.9 Å². The number of phenols is 1. The number of aromatic hydroxyl groups is 1. The van der Waals surface area contributed by atoms with E-state index in [9.17, 15) is 34.8 Å². The Morgan fingerprint density at radius 2 is 1.71 bits per heavy atom. The van der Waals surface area contributed by atoms with Crippen molar-refractivity contribution in [3.63, 3.8) is 0 Å². The number of ketones is 2. The second-order valence-electron chi connectivity index (χ2n) is 13.0. The number of anilines is 1. The molecule has 2 saturated carbocycles. The van der Waals surface area contributed by atoms with Crippen LogP contribution in [-0.4, -0.2) is 101 Å². The quantitative estimate of drug-likeness (QED) is 0.298. The van der Waals surface area contributed by atoms with Crippen molar-refractivity contribution in [3.05, 3.63) is 39.7 Å². The zero-order valence-corrected chi connectivity index (χ0v) is 25.0. The van der Waals surface area contributed by atoms with E-state index < -0.39 is 58.0 Å². The lowest BCUT2D eigenvalue weighted by Crippen LogP contribution is -2.65. The number of carbonyl (C=O) groups is 3. The number of rotatable bonds is 7. The molecule has 0 saturated heterocycles. The second-order valence-corrected chi connectivity index (χ2v) is 13.0. The largest absolute Gasteiger partial charge is 0.508 e. The van der Waals surface area contributed by atoms with Crippen molar-refractivity contribution < 1.29 is 34.8 Å². The fourth-order valence-electron chi connectivity index (χ4n) is 8.03. The Kier molecular flexibility index (Phi) is 7.66. The summed E-state index contributed by atoms with van der Waals surface area (Å²) >= 11 is 0. The van der Waals surface area contributed by atoms with Crippen molar-refractivity contribution in [3.8, 4) is 5.75 Å². The number of aliphatic hydroxyl groups excluding tert-OH is 2. The van der Waals surface area contributed by atoms with E-state index in [1.54, 1.807) is 20.2 Å². The summed E-state index contributed by atoms with van der Waals surface area (Å²) in [6, 6.07) is 0.505. The van der Waals surface area contributed by atoms with Crippen molar-refractivity contribution in [1.29, 1.82) is 0 Å². The number of aliphatic hydroxyl groups is 3. The summed E-state index contributed by atoms with van der Waals surface area (Å²) in [5.41, 5.74) is 4.29. The lowest BCUT2D eigenvalue weighted by atomic mass is 9.57. The van der Waals surface area contributed by atoms with Gasteiger partial charge in [0.25, 0.3) is 5.91 Å². The average Bonchev–Trinajstić information content (AvgIpc) is 3.38. The normalized spacial score (nSPS) is 28.0. The molecule has 11 nitrogen and oxygen atoms in total. The lowest BCUT2D eigenvalue weighted by molar-refractivity contribution is -0.153. The lowest BCUT2D eigenvalue weighted by Gasteiger charge is -2.50. The van der Waals surface area contributed by atoms with Gasteiger partial charge in [-0.25, -0.2) is 0 Å². The minimum atomic E-state index is -2.65. The molecule has 4 atom stereocenters. The molecule has 0 unspecified atom stereocenters. The van der Waals surface area contributed by atoms with E-state index in [0.717, 1.165) is 17.8 Å². The highest BCUT2D eigenvalue weighted by Crippen LogP contribution is 2.54. The van der Waals surface area contributed by atoms with E-state index in [2.05, 4.69) is 11.9 Å². The maximum atomic E-state index is 14.1. The molecule has 5 rings (SSSR count). The third-order valence-corrected chi connectivity index (χ3v) is 9.70. The monoisotopic (exact) mass is 582 g/mol. The summed E-state index contributed by atoms with van der Waals surface area (Å²) in [7, 11) is 9.02. The fourth-order valence-corrected chi connectivity index (χ4v) is 8.03. The van der Waals surface area contributed by atoms with E-state index in [0.29, 0.717) is 18.0 Å². The minimum absolute atomic E-state index is 0.0607. The molecule has 0 radical (unpaired) electrons. The summed E-state index contributed by atoms with van der Waals surface area (Å²) in [6.45, 7) is 1.53. The van der Waals surface area contributed by atoms with Gasteiger partial charge >= 0.3 is 0 Å². The van der Waals surface area contributed by atoms with Gasteiger partial charge < -0.3 is 36.0 Å². The minimum Gasteiger partial charge on any atom is -0.508 e. The number of nitrogens with two attached hydrogens (primary N) is 1. The maximum Gasteiger partial charge on any atom is 0.255 e. The number of hydrogen-bond donors (Lipinski definition) is 5. The molecule has 1 aromatic carbocycles. The molecule has 0 bridgehead atoms. The summed E-state index contributed by atoms with van der Waals surface area (Å²) in [5, 5.41) is 45.6.